The smallest absolute Gasteiger partial charge is 0.354 e. The lowest BCUT2D eigenvalue weighted by Crippen LogP contribution is -2.37. The third kappa shape index (κ3) is 11.9. The number of amides is 1. The van der Waals surface area contributed by atoms with Crippen LogP contribution in [0.3, 0.4) is 0 Å². The summed E-state index contributed by atoms with van der Waals surface area (Å²) in [7, 11) is 3.95. The quantitative estimate of drug-likeness (QED) is 0.247. The molecule has 0 aromatic rings. The minimum atomic E-state index is -4.24. The van der Waals surface area contributed by atoms with Gasteiger partial charge in [0.15, 0.2) is 0 Å². The van der Waals surface area contributed by atoms with Crippen molar-refractivity contribution in [1.82, 2.24) is 5.32 Å². The maximum absolute atomic E-state index is 11.7. The van der Waals surface area contributed by atoms with Gasteiger partial charge in [0.25, 0.3) is 0 Å². The Morgan fingerprint density at radius 3 is 2.16 bits per heavy atom. The summed E-state index contributed by atoms with van der Waals surface area (Å²) in [5, 5.41) is 2.57. The van der Waals surface area contributed by atoms with Gasteiger partial charge in [-0.25, -0.2) is 4.57 Å². The van der Waals surface area contributed by atoms with E-state index in [2.05, 4.69) is 9.84 Å². The molecule has 10 nitrogen and oxygen atoms in total. The summed E-state index contributed by atoms with van der Waals surface area (Å²) in [6, 6.07) is 0. The minimum Gasteiger partial charge on any atom is -0.354 e. The lowest BCUT2D eigenvalue weighted by molar-refractivity contribution is -0.870. The summed E-state index contributed by atoms with van der Waals surface area (Å²) in [4.78, 5) is 21.2. The van der Waals surface area contributed by atoms with Crippen LogP contribution in [0, 0.1) is 0 Å². The number of carbonyl (C=O) groups excluding carboxylic acids is 1. The second-order valence-corrected chi connectivity index (χ2v) is 10.0. The molecule has 0 aromatic heterocycles. The summed E-state index contributed by atoms with van der Waals surface area (Å²) in [5.74, 6) is -0.0399. The molecule has 0 spiro atoms. The van der Waals surface area contributed by atoms with E-state index in [1.807, 2.05) is 21.1 Å². The van der Waals surface area contributed by atoms with Crippen molar-refractivity contribution in [2.75, 3.05) is 74.5 Å². The van der Waals surface area contributed by atoms with E-state index in [9.17, 15) is 14.3 Å². The number of quaternary nitrogens is 1. The molecule has 0 radical (unpaired) electrons. The number of hydrogen-bond donors (Lipinski definition) is 2. The van der Waals surface area contributed by atoms with Crippen molar-refractivity contribution in [3.63, 3.8) is 0 Å². The molecule has 0 saturated carbocycles. The molecule has 0 aliphatic heterocycles. The minimum absolute atomic E-state index is 0.0504. The van der Waals surface area contributed by atoms with Gasteiger partial charge >= 0.3 is 7.82 Å². The SMILES string of the molecule is COS(CCCNC(=O)COP(=O)(O)OCC[N+](C)(C)C)(OC)OC. The van der Waals surface area contributed by atoms with E-state index in [1.165, 1.54) is 21.3 Å². The molecule has 25 heavy (non-hydrogen) atoms. The van der Waals surface area contributed by atoms with Crippen molar-refractivity contribution in [3.8, 4) is 0 Å². The van der Waals surface area contributed by atoms with Gasteiger partial charge in [-0.2, -0.15) is 0 Å². The fourth-order valence-electron chi connectivity index (χ4n) is 1.59. The topological polar surface area (TPSA) is 113 Å². The molecule has 1 amide bonds. The zero-order chi connectivity index (χ0) is 19.6. The lowest BCUT2D eigenvalue weighted by atomic mass is 10.5. The second-order valence-electron chi connectivity index (χ2n) is 6.05. The molecule has 12 heteroatoms. The Morgan fingerprint density at radius 1 is 1.12 bits per heavy atom. The highest BCUT2D eigenvalue weighted by Crippen LogP contribution is 2.49. The lowest BCUT2D eigenvalue weighted by Gasteiger charge is -2.33. The number of rotatable bonds is 14. The molecule has 0 rings (SSSR count). The van der Waals surface area contributed by atoms with Crippen LogP contribution in [-0.2, 0) is 31.0 Å². The largest absolute Gasteiger partial charge is 0.472 e. The van der Waals surface area contributed by atoms with Crippen LogP contribution in [0.4, 0.5) is 0 Å². The zero-order valence-corrected chi connectivity index (χ0v) is 17.6. The Balaban J connectivity index is 4.01. The number of carbonyl (C=O) groups is 1. The van der Waals surface area contributed by atoms with Crippen LogP contribution in [0.15, 0.2) is 0 Å². The van der Waals surface area contributed by atoms with Crippen molar-refractivity contribution in [2.24, 2.45) is 0 Å². The van der Waals surface area contributed by atoms with Crippen LogP contribution in [0.1, 0.15) is 6.42 Å². The fraction of sp³-hybridized carbons (Fsp3) is 0.923. The van der Waals surface area contributed by atoms with Crippen LogP contribution in [0.5, 0.6) is 0 Å². The number of phosphoric ester groups is 1. The average Bonchev–Trinajstić information content (AvgIpc) is 2.52. The Hall–Kier alpha value is -0.230. The maximum Gasteiger partial charge on any atom is 0.472 e. The molecule has 0 bridgehead atoms. The molecule has 0 aromatic carbocycles. The van der Waals surface area contributed by atoms with Gasteiger partial charge in [-0.1, -0.05) is 0 Å². The highest BCUT2D eigenvalue weighted by Gasteiger charge is 2.24. The van der Waals surface area contributed by atoms with E-state index < -0.39 is 31.2 Å². The predicted octanol–water partition coefficient (Wildman–Crippen LogP) is 0.821. The van der Waals surface area contributed by atoms with E-state index in [0.717, 1.165) is 0 Å². The van der Waals surface area contributed by atoms with Gasteiger partial charge in [-0.15, -0.1) is 0 Å². The van der Waals surface area contributed by atoms with Gasteiger partial charge in [-0.3, -0.25) is 26.4 Å². The summed E-state index contributed by atoms with van der Waals surface area (Å²) < 4.78 is 37.4. The van der Waals surface area contributed by atoms with Crippen LogP contribution in [-0.4, -0.2) is 89.8 Å². The molecular formula is C13H32N2O8PS+. The first-order chi connectivity index (χ1) is 11.5. The van der Waals surface area contributed by atoms with E-state index in [-0.39, 0.29) is 6.61 Å². The summed E-state index contributed by atoms with van der Waals surface area (Å²) >= 11 is 0. The molecule has 152 valence electrons. The highest BCUT2D eigenvalue weighted by molar-refractivity contribution is 8.21. The molecule has 0 heterocycles. The van der Waals surface area contributed by atoms with Crippen LogP contribution < -0.4 is 5.32 Å². The monoisotopic (exact) mass is 407 g/mol. The molecule has 0 saturated heterocycles. The third-order valence-corrected chi connectivity index (χ3v) is 6.31. The van der Waals surface area contributed by atoms with E-state index in [4.69, 9.17) is 17.1 Å². The number of nitrogens with one attached hydrogen (secondary N) is 1. The normalized spacial score (nSPS) is 15.6. The van der Waals surface area contributed by atoms with Crippen molar-refractivity contribution in [2.45, 2.75) is 6.42 Å². The molecule has 0 aliphatic rings. The molecule has 0 fully saturated rings. The van der Waals surface area contributed by atoms with Gasteiger partial charge in [0.1, 0.15) is 19.8 Å². The second kappa shape index (κ2) is 11.5. The first-order valence-corrected chi connectivity index (χ1v) is 10.7. The molecule has 1 atom stereocenters. The zero-order valence-electron chi connectivity index (χ0n) is 15.9. The average molecular weight is 407 g/mol. The Morgan fingerprint density at radius 2 is 1.68 bits per heavy atom. The number of phosphoric acid groups is 1. The molecule has 2 N–H and O–H groups in total. The van der Waals surface area contributed by atoms with Crippen LogP contribution >= 0.6 is 18.7 Å². The first-order valence-electron chi connectivity index (χ1n) is 7.66. The first kappa shape index (κ1) is 24.8. The Kier molecular flexibility index (Phi) is 11.4. The van der Waals surface area contributed by atoms with Crippen LogP contribution in [0.25, 0.3) is 0 Å². The Bertz CT molecular complexity index is 434. The van der Waals surface area contributed by atoms with Gasteiger partial charge in [0.05, 0.1) is 53.3 Å². The van der Waals surface area contributed by atoms with Gasteiger partial charge in [0, 0.05) is 12.3 Å². The maximum atomic E-state index is 11.7. The molecule has 0 aliphatic carbocycles. The van der Waals surface area contributed by atoms with Crippen molar-refractivity contribution in [1.29, 1.82) is 0 Å². The van der Waals surface area contributed by atoms with Gasteiger partial charge < -0.3 is 14.7 Å². The van der Waals surface area contributed by atoms with Gasteiger partial charge in [0.2, 0.25) is 5.91 Å². The molecule has 1 unspecified atom stereocenters. The van der Waals surface area contributed by atoms with Gasteiger partial charge in [-0.05, 0) is 6.42 Å². The fourth-order valence-corrected chi connectivity index (χ4v) is 3.66. The predicted molar refractivity (Wildman–Crippen MR) is 95.7 cm³/mol. The van der Waals surface area contributed by atoms with Crippen molar-refractivity contribution >= 4 is 24.6 Å². The number of likely N-dealkylation sites (N-methyl/N-ethyl adjacent to an activating group) is 1. The summed E-state index contributed by atoms with van der Waals surface area (Å²) in [5.41, 5.74) is 0. The molecular weight excluding hydrogens is 375 g/mol. The number of nitrogens with zero attached hydrogens (tertiary/aromatic N) is 1. The highest BCUT2D eigenvalue weighted by atomic mass is 32.3. The van der Waals surface area contributed by atoms with E-state index in [0.29, 0.717) is 29.7 Å². The summed E-state index contributed by atoms with van der Waals surface area (Å²) in [6.45, 7) is 0.345. The standard InChI is InChI=1S/C13H31N2O8PS/c1-15(2,3)9-10-22-24(17,18)23-12-13(16)14-8-7-11-25(19-4,20-5)21-6/h7-12H2,1-6H3,(H-,14,16,17,18)/p+1. The Labute approximate surface area is 151 Å². The number of hydrogen-bond acceptors (Lipinski definition) is 7. The van der Waals surface area contributed by atoms with Crippen LogP contribution in [0.2, 0.25) is 0 Å². The van der Waals surface area contributed by atoms with Crippen molar-refractivity contribution < 1.29 is 40.3 Å². The third-order valence-electron chi connectivity index (χ3n) is 3.03. The van der Waals surface area contributed by atoms with E-state index in [1.54, 1.807) is 0 Å². The van der Waals surface area contributed by atoms with E-state index >= 15 is 0 Å². The summed E-state index contributed by atoms with van der Waals surface area (Å²) in [6.07, 6.45) is 0.549. The van der Waals surface area contributed by atoms with Crippen molar-refractivity contribution in [3.05, 3.63) is 0 Å².